The van der Waals surface area contributed by atoms with Crippen molar-refractivity contribution >= 4 is 18.3 Å². The van der Waals surface area contributed by atoms with Crippen LogP contribution < -0.4 is 0 Å². The number of rotatable bonds is 3. The molecule has 0 bridgehead atoms. The summed E-state index contributed by atoms with van der Waals surface area (Å²) >= 11 is 0. The van der Waals surface area contributed by atoms with Crippen molar-refractivity contribution < 1.29 is 33.7 Å². The first-order chi connectivity index (χ1) is 15.3. The SMILES string of the molecule is Cc1cc(C(=O)N2CCC3(CC2)CC(CN2CCC(O)CC2)OC3=O)ccc1F.O=CO. The van der Waals surface area contributed by atoms with Gasteiger partial charge in [0, 0.05) is 44.7 Å². The van der Waals surface area contributed by atoms with Crippen molar-refractivity contribution in [2.24, 2.45) is 5.41 Å². The molecule has 0 aromatic heterocycles. The highest BCUT2D eigenvalue weighted by Gasteiger charge is 2.51. The molecule has 8 nitrogen and oxygen atoms in total. The molecule has 1 aromatic carbocycles. The lowest BCUT2D eigenvalue weighted by Crippen LogP contribution is -2.45. The van der Waals surface area contributed by atoms with E-state index in [0.29, 0.717) is 43.5 Å². The Hall–Kier alpha value is -2.52. The zero-order valence-corrected chi connectivity index (χ0v) is 18.3. The maximum Gasteiger partial charge on any atom is 0.312 e. The predicted molar refractivity (Wildman–Crippen MR) is 114 cm³/mol. The Labute approximate surface area is 186 Å². The van der Waals surface area contributed by atoms with E-state index in [-0.39, 0.29) is 36.4 Å². The monoisotopic (exact) mass is 450 g/mol. The summed E-state index contributed by atoms with van der Waals surface area (Å²) in [6.45, 7) is 4.80. The fourth-order valence-corrected chi connectivity index (χ4v) is 4.84. The van der Waals surface area contributed by atoms with Crippen LogP contribution in [0.25, 0.3) is 0 Å². The van der Waals surface area contributed by atoms with Crippen molar-refractivity contribution in [3.63, 3.8) is 0 Å². The summed E-state index contributed by atoms with van der Waals surface area (Å²) in [7, 11) is 0. The van der Waals surface area contributed by atoms with Crippen LogP contribution >= 0.6 is 0 Å². The van der Waals surface area contributed by atoms with Crippen molar-refractivity contribution in [3.05, 3.63) is 35.1 Å². The molecule has 3 aliphatic rings. The number of cyclic esters (lactones) is 1. The van der Waals surface area contributed by atoms with Gasteiger partial charge >= 0.3 is 5.97 Å². The van der Waals surface area contributed by atoms with Gasteiger partial charge in [-0.1, -0.05) is 0 Å². The third-order valence-corrected chi connectivity index (χ3v) is 6.76. The molecule has 3 aliphatic heterocycles. The average Bonchev–Trinajstić information content (AvgIpc) is 3.06. The van der Waals surface area contributed by atoms with E-state index in [1.54, 1.807) is 17.9 Å². The molecule has 3 heterocycles. The average molecular weight is 451 g/mol. The first-order valence-corrected chi connectivity index (χ1v) is 11.0. The molecule has 176 valence electrons. The number of carboxylic acid groups (broad SMARTS) is 1. The molecule has 3 fully saturated rings. The zero-order valence-electron chi connectivity index (χ0n) is 18.3. The number of amides is 1. The van der Waals surface area contributed by atoms with Gasteiger partial charge in [0.1, 0.15) is 11.9 Å². The molecule has 1 unspecified atom stereocenters. The van der Waals surface area contributed by atoms with Crippen LogP contribution in [-0.2, 0) is 14.3 Å². The van der Waals surface area contributed by atoms with E-state index in [9.17, 15) is 19.1 Å². The van der Waals surface area contributed by atoms with Crippen LogP contribution in [-0.4, -0.2) is 83.3 Å². The minimum absolute atomic E-state index is 0.111. The highest BCUT2D eigenvalue weighted by atomic mass is 19.1. The second kappa shape index (κ2) is 10.4. The van der Waals surface area contributed by atoms with Crippen LogP contribution in [0.1, 0.15) is 48.0 Å². The number of nitrogens with zero attached hydrogens (tertiary/aromatic N) is 2. The van der Waals surface area contributed by atoms with Crippen molar-refractivity contribution in [3.8, 4) is 0 Å². The topological polar surface area (TPSA) is 107 Å². The Bertz CT molecular complexity index is 832. The second-order valence-electron chi connectivity index (χ2n) is 8.91. The van der Waals surface area contributed by atoms with Crippen LogP contribution in [0.2, 0.25) is 0 Å². The molecule has 3 saturated heterocycles. The summed E-state index contributed by atoms with van der Waals surface area (Å²) in [5, 5.41) is 16.5. The molecule has 1 aromatic rings. The quantitative estimate of drug-likeness (QED) is 0.534. The van der Waals surface area contributed by atoms with E-state index < -0.39 is 5.41 Å². The lowest BCUT2D eigenvalue weighted by atomic mass is 9.76. The Morgan fingerprint density at radius 3 is 2.47 bits per heavy atom. The number of hydrogen-bond acceptors (Lipinski definition) is 6. The predicted octanol–water partition coefficient (Wildman–Crippen LogP) is 1.83. The van der Waals surface area contributed by atoms with Gasteiger partial charge in [-0.15, -0.1) is 0 Å². The minimum Gasteiger partial charge on any atom is -0.483 e. The Morgan fingerprint density at radius 1 is 1.25 bits per heavy atom. The first kappa shape index (κ1) is 24.1. The van der Waals surface area contributed by atoms with Gasteiger partial charge in [0.05, 0.1) is 11.5 Å². The maximum absolute atomic E-state index is 13.5. The maximum atomic E-state index is 13.5. The number of carbonyl (C=O) groups is 3. The van der Waals surface area contributed by atoms with Crippen LogP contribution in [0.5, 0.6) is 0 Å². The van der Waals surface area contributed by atoms with Crippen molar-refractivity contribution in [2.45, 2.75) is 51.2 Å². The van der Waals surface area contributed by atoms with Gasteiger partial charge in [0.2, 0.25) is 0 Å². The van der Waals surface area contributed by atoms with Gasteiger partial charge in [0.15, 0.2) is 0 Å². The van der Waals surface area contributed by atoms with E-state index in [4.69, 9.17) is 14.6 Å². The summed E-state index contributed by atoms with van der Waals surface area (Å²) in [4.78, 5) is 37.8. The number of halogens is 1. The van der Waals surface area contributed by atoms with E-state index in [0.717, 1.165) is 32.5 Å². The van der Waals surface area contributed by atoms with Gasteiger partial charge in [0.25, 0.3) is 12.4 Å². The smallest absolute Gasteiger partial charge is 0.312 e. The molecular weight excluding hydrogens is 419 g/mol. The lowest BCUT2D eigenvalue weighted by Gasteiger charge is -2.36. The molecule has 9 heteroatoms. The van der Waals surface area contributed by atoms with Crippen LogP contribution in [0.4, 0.5) is 4.39 Å². The second-order valence-corrected chi connectivity index (χ2v) is 8.91. The van der Waals surface area contributed by atoms with E-state index >= 15 is 0 Å². The normalized spacial score (nSPS) is 23.4. The summed E-state index contributed by atoms with van der Waals surface area (Å²) in [5.74, 6) is -0.566. The standard InChI is InChI=1S/C22H29FN2O4.CH2O2/c1-15-12-16(2-3-19(15)23)20(27)25-10-6-22(7-11-25)13-18(29-21(22)28)14-24-8-4-17(26)5-9-24;2-1-3/h2-3,12,17-18,26H,4-11,13-14H2,1H3;1H,(H,2,3). The van der Waals surface area contributed by atoms with Crippen molar-refractivity contribution in [1.29, 1.82) is 0 Å². The zero-order chi connectivity index (χ0) is 23.3. The van der Waals surface area contributed by atoms with Crippen molar-refractivity contribution in [1.82, 2.24) is 9.80 Å². The molecule has 0 aliphatic carbocycles. The number of ether oxygens (including phenoxy) is 1. The lowest BCUT2D eigenvalue weighted by molar-refractivity contribution is -0.151. The van der Waals surface area contributed by atoms with Gasteiger partial charge in [-0.25, -0.2) is 4.39 Å². The fourth-order valence-electron chi connectivity index (χ4n) is 4.84. The number of carbonyl (C=O) groups excluding carboxylic acids is 2. The number of hydrogen-bond donors (Lipinski definition) is 2. The molecule has 0 saturated carbocycles. The van der Waals surface area contributed by atoms with Gasteiger partial charge in [-0.05, 0) is 56.4 Å². The molecule has 2 N–H and O–H groups in total. The highest BCUT2D eigenvalue weighted by molar-refractivity contribution is 5.94. The van der Waals surface area contributed by atoms with Crippen LogP contribution in [0.3, 0.4) is 0 Å². The number of aliphatic hydroxyl groups excluding tert-OH is 1. The van der Waals surface area contributed by atoms with Crippen LogP contribution in [0, 0.1) is 18.2 Å². The summed E-state index contributed by atoms with van der Waals surface area (Å²) in [6.07, 6.45) is 3.12. The molecule has 1 spiro atoms. The van der Waals surface area contributed by atoms with Gasteiger partial charge in [-0.3, -0.25) is 19.3 Å². The Kier molecular flexibility index (Phi) is 7.84. The molecule has 32 heavy (non-hydrogen) atoms. The Morgan fingerprint density at radius 2 is 1.88 bits per heavy atom. The van der Waals surface area contributed by atoms with Gasteiger partial charge in [-0.2, -0.15) is 0 Å². The molecule has 1 atom stereocenters. The largest absolute Gasteiger partial charge is 0.483 e. The summed E-state index contributed by atoms with van der Waals surface area (Å²) in [5.41, 5.74) is 0.450. The number of aliphatic hydroxyl groups is 1. The van der Waals surface area contributed by atoms with E-state index in [1.807, 2.05) is 0 Å². The third kappa shape index (κ3) is 5.45. The van der Waals surface area contributed by atoms with Crippen molar-refractivity contribution in [2.75, 3.05) is 32.7 Å². The number of likely N-dealkylation sites (tertiary alicyclic amines) is 2. The molecule has 1 amide bonds. The summed E-state index contributed by atoms with van der Waals surface area (Å²) in [6, 6.07) is 4.43. The molecular formula is C23H31FN2O6. The number of piperidine rings is 2. The highest BCUT2D eigenvalue weighted by Crippen LogP contribution is 2.43. The number of aryl methyl sites for hydroxylation is 1. The fraction of sp³-hybridized carbons (Fsp3) is 0.609. The molecule has 4 rings (SSSR count). The molecule has 0 radical (unpaired) electrons. The van der Waals surface area contributed by atoms with E-state index in [2.05, 4.69) is 4.90 Å². The van der Waals surface area contributed by atoms with Gasteiger partial charge < -0.3 is 19.8 Å². The number of benzene rings is 1. The Balaban J connectivity index is 0.000000913. The van der Waals surface area contributed by atoms with Crippen LogP contribution in [0.15, 0.2) is 18.2 Å². The minimum atomic E-state index is -0.491. The summed E-state index contributed by atoms with van der Waals surface area (Å²) < 4.78 is 19.2. The number of esters is 1. The third-order valence-electron chi connectivity index (χ3n) is 6.76. The first-order valence-electron chi connectivity index (χ1n) is 11.0. The van der Waals surface area contributed by atoms with E-state index in [1.165, 1.54) is 12.1 Å².